The summed E-state index contributed by atoms with van der Waals surface area (Å²) in [6.45, 7) is 2.78. The molecule has 0 amide bonds. The maximum atomic E-state index is 11.7. The van der Waals surface area contributed by atoms with Gasteiger partial charge in [0, 0.05) is 6.92 Å². The van der Waals surface area contributed by atoms with Crippen LogP contribution in [0.25, 0.3) is 0 Å². The Balaban J connectivity index is 2.46. The minimum absolute atomic E-state index is 0.222. The fraction of sp³-hybridized carbons (Fsp3) is 0.400. The molecule has 0 aliphatic heterocycles. The summed E-state index contributed by atoms with van der Waals surface area (Å²) in [5.41, 5.74) is 0.887. The average Bonchev–Trinajstić information content (AvgIpc) is 2.46. The third-order valence-electron chi connectivity index (χ3n) is 2.59. The van der Waals surface area contributed by atoms with Crippen LogP contribution in [-0.4, -0.2) is 40.1 Å². The number of ether oxygens (including phenoxy) is 2. The van der Waals surface area contributed by atoms with Gasteiger partial charge in [-0.05, 0) is 12.5 Å². The number of benzene rings is 1. The van der Waals surface area contributed by atoms with Crippen molar-refractivity contribution in [3.8, 4) is 0 Å². The number of aliphatic carboxylic acids is 1. The summed E-state index contributed by atoms with van der Waals surface area (Å²) in [6, 6.07) is 9.22. The molecule has 0 bridgehead atoms. The first-order valence-corrected chi connectivity index (χ1v) is 7.50. The van der Waals surface area contributed by atoms with Crippen LogP contribution in [0.3, 0.4) is 0 Å². The number of carboxylic acids is 1. The molecule has 0 aliphatic rings. The van der Waals surface area contributed by atoms with Crippen molar-refractivity contribution < 1.29 is 29.0 Å². The van der Waals surface area contributed by atoms with E-state index < -0.39 is 23.3 Å². The highest BCUT2D eigenvalue weighted by Gasteiger charge is 2.26. The summed E-state index contributed by atoms with van der Waals surface area (Å²) in [5, 5.41) is 8.06. The smallest absolute Gasteiger partial charge is 0.347 e. The second-order valence-electron chi connectivity index (χ2n) is 4.52. The van der Waals surface area contributed by atoms with E-state index in [0.29, 0.717) is 0 Å². The van der Waals surface area contributed by atoms with Crippen LogP contribution in [0.5, 0.6) is 0 Å². The van der Waals surface area contributed by atoms with E-state index in [1.54, 1.807) is 0 Å². The molecule has 1 aromatic carbocycles. The van der Waals surface area contributed by atoms with E-state index in [1.807, 2.05) is 30.3 Å². The van der Waals surface area contributed by atoms with E-state index in [2.05, 4.69) is 0 Å². The number of rotatable bonds is 8. The number of hydrogen-bond acceptors (Lipinski definition) is 6. The Labute approximate surface area is 132 Å². The Bertz CT molecular complexity index is 516. The Kier molecular flexibility index (Phi) is 7.62. The van der Waals surface area contributed by atoms with E-state index in [1.165, 1.54) is 13.8 Å². The zero-order valence-corrected chi connectivity index (χ0v) is 13.2. The van der Waals surface area contributed by atoms with Gasteiger partial charge in [-0.25, -0.2) is 4.79 Å². The van der Waals surface area contributed by atoms with Gasteiger partial charge in [0.05, 0.1) is 13.2 Å². The maximum absolute atomic E-state index is 11.7. The fourth-order valence-corrected chi connectivity index (χ4v) is 2.20. The number of esters is 1. The maximum Gasteiger partial charge on any atom is 0.347 e. The Morgan fingerprint density at radius 1 is 1.23 bits per heavy atom. The summed E-state index contributed by atoms with van der Waals surface area (Å²) in [5.74, 6) is -2.04. The van der Waals surface area contributed by atoms with Crippen LogP contribution in [0.1, 0.15) is 19.4 Å². The molecule has 1 aromatic rings. The number of hydrogen-bond donors (Lipinski definition) is 1. The van der Waals surface area contributed by atoms with E-state index >= 15 is 0 Å². The van der Waals surface area contributed by atoms with Gasteiger partial charge in [-0.3, -0.25) is 9.59 Å². The first-order valence-electron chi connectivity index (χ1n) is 6.62. The molecule has 7 heteroatoms. The lowest BCUT2D eigenvalue weighted by Gasteiger charge is -2.16. The van der Waals surface area contributed by atoms with Crippen molar-refractivity contribution in [3.63, 3.8) is 0 Å². The third-order valence-corrected chi connectivity index (χ3v) is 3.47. The lowest BCUT2D eigenvalue weighted by atomic mass is 10.2. The lowest BCUT2D eigenvalue weighted by Crippen LogP contribution is -2.34. The topological polar surface area (TPSA) is 89.9 Å². The summed E-state index contributed by atoms with van der Waals surface area (Å²) in [6.07, 6.45) is -1.40. The van der Waals surface area contributed by atoms with Crippen LogP contribution in [-0.2, 0) is 30.5 Å². The van der Waals surface area contributed by atoms with Crippen molar-refractivity contribution in [2.45, 2.75) is 31.8 Å². The van der Waals surface area contributed by atoms with Gasteiger partial charge >= 0.3 is 11.9 Å². The van der Waals surface area contributed by atoms with Gasteiger partial charge in [0.25, 0.3) is 0 Å². The quantitative estimate of drug-likeness (QED) is 0.729. The van der Waals surface area contributed by atoms with Crippen LogP contribution in [0.4, 0.5) is 0 Å². The highest BCUT2D eigenvalue weighted by Crippen LogP contribution is 2.14. The standard InChI is InChI=1S/C15H18O6S/c1-10(22-11(2)16)15(19)21-13(14(17)18)9-20-8-12-6-4-3-5-7-12/h3-7,10,13H,8-9H2,1-2H3,(H,17,18). The molecule has 0 fully saturated rings. The molecule has 22 heavy (non-hydrogen) atoms. The molecule has 2 atom stereocenters. The monoisotopic (exact) mass is 326 g/mol. The van der Waals surface area contributed by atoms with Gasteiger partial charge < -0.3 is 14.6 Å². The van der Waals surface area contributed by atoms with Crippen LogP contribution < -0.4 is 0 Å². The molecule has 0 heterocycles. The third kappa shape index (κ3) is 6.73. The number of thioether (sulfide) groups is 1. The van der Waals surface area contributed by atoms with Crippen molar-refractivity contribution >= 4 is 28.8 Å². The Morgan fingerprint density at radius 3 is 2.41 bits per heavy atom. The fourth-order valence-electron chi connectivity index (χ4n) is 1.55. The summed E-state index contributed by atoms with van der Waals surface area (Å²) < 4.78 is 10.1. The van der Waals surface area contributed by atoms with E-state index in [4.69, 9.17) is 14.6 Å². The Morgan fingerprint density at radius 2 is 1.86 bits per heavy atom. The van der Waals surface area contributed by atoms with Gasteiger partial charge in [0.15, 0.2) is 5.12 Å². The molecule has 1 N–H and O–H groups in total. The van der Waals surface area contributed by atoms with Crippen molar-refractivity contribution in [1.82, 2.24) is 0 Å². The van der Waals surface area contributed by atoms with E-state index in [-0.39, 0.29) is 18.3 Å². The molecular formula is C15H18O6S. The minimum atomic E-state index is -1.40. The summed E-state index contributed by atoms with van der Waals surface area (Å²) >= 11 is 0.790. The Hall–Kier alpha value is -1.86. The number of carbonyl (C=O) groups excluding carboxylic acids is 2. The van der Waals surface area contributed by atoms with Crippen molar-refractivity contribution in [2.24, 2.45) is 0 Å². The number of carboxylic acid groups (broad SMARTS) is 1. The first-order chi connectivity index (χ1) is 10.4. The molecule has 0 aliphatic carbocycles. The molecule has 120 valence electrons. The molecule has 0 saturated carbocycles. The van der Waals surface area contributed by atoms with Gasteiger partial charge in [-0.1, -0.05) is 42.1 Å². The van der Waals surface area contributed by atoms with Crippen LogP contribution >= 0.6 is 11.8 Å². The minimum Gasteiger partial charge on any atom is -0.478 e. The normalized spacial score (nSPS) is 13.2. The van der Waals surface area contributed by atoms with Crippen LogP contribution in [0.15, 0.2) is 30.3 Å². The highest BCUT2D eigenvalue weighted by molar-refractivity contribution is 8.14. The summed E-state index contributed by atoms with van der Waals surface area (Å²) in [7, 11) is 0. The molecular weight excluding hydrogens is 308 g/mol. The first kappa shape index (κ1) is 18.2. The SMILES string of the molecule is CC(=O)SC(C)C(=O)OC(COCc1ccccc1)C(=O)O. The van der Waals surface area contributed by atoms with E-state index in [0.717, 1.165) is 17.3 Å². The van der Waals surface area contributed by atoms with Crippen molar-refractivity contribution in [2.75, 3.05) is 6.61 Å². The molecule has 0 saturated heterocycles. The average molecular weight is 326 g/mol. The molecule has 0 aromatic heterocycles. The zero-order chi connectivity index (χ0) is 16.5. The second kappa shape index (κ2) is 9.22. The molecule has 0 spiro atoms. The molecule has 6 nitrogen and oxygen atoms in total. The van der Waals surface area contributed by atoms with Gasteiger partial charge in [0.2, 0.25) is 6.10 Å². The summed E-state index contributed by atoms with van der Waals surface area (Å²) in [4.78, 5) is 33.7. The lowest BCUT2D eigenvalue weighted by molar-refractivity contribution is -0.167. The molecule has 0 radical (unpaired) electrons. The van der Waals surface area contributed by atoms with Gasteiger partial charge in [0.1, 0.15) is 5.25 Å². The zero-order valence-electron chi connectivity index (χ0n) is 12.4. The highest BCUT2D eigenvalue weighted by atomic mass is 32.2. The largest absolute Gasteiger partial charge is 0.478 e. The van der Waals surface area contributed by atoms with Crippen LogP contribution in [0, 0.1) is 0 Å². The van der Waals surface area contributed by atoms with Crippen molar-refractivity contribution in [1.29, 1.82) is 0 Å². The van der Waals surface area contributed by atoms with E-state index in [9.17, 15) is 14.4 Å². The van der Waals surface area contributed by atoms with Gasteiger partial charge in [-0.2, -0.15) is 0 Å². The molecule has 1 rings (SSSR count). The molecule has 2 unspecified atom stereocenters. The predicted molar refractivity (Wildman–Crippen MR) is 81.3 cm³/mol. The number of carbonyl (C=O) groups is 3. The second-order valence-corrected chi connectivity index (χ2v) is 6.03. The van der Waals surface area contributed by atoms with Gasteiger partial charge in [-0.15, -0.1) is 0 Å². The van der Waals surface area contributed by atoms with Crippen LogP contribution in [0.2, 0.25) is 0 Å². The predicted octanol–water partition coefficient (Wildman–Crippen LogP) is 1.87. The van der Waals surface area contributed by atoms with Crippen molar-refractivity contribution in [3.05, 3.63) is 35.9 Å².